The van der Waals surface area contributed by atoms with E-state index in [1.165, 1.54) is 96.3 Å². The third kappa shape index (κ3) is 27.0. The Morgan fingerprint density at radius 2 is 0.788 bits per heavy atom. The fourth-order valence-corrected chi connectivity index (χ4v) is 10.4. The molecule has 0 spiro atoms. The Kier molecular flexibility index (Phi) is 27.8. The highest BCUT2D eigenvalue weighted by atomic mass is 31.2. The monoisotopic (exact) mass is 508 g/mol. The maximum atomic E-state index is 10.5. The highest BCUT2D eigenvalue weighted by Gasteiger charge is 2.34. The van der Waals surface area contributed by atoms with Gasteiger partial charge in [0.05, 0.1) is 24.6 Å². The summed E-state index contributed by atoms with van der Waals surface area (Å²) in [6.45, 7) is 11.6. The lowest BCUT2D eigenvalue weighted by molar-refractivity contribution is -0.193. The summed E-state index contributed by atoms with van der Waals surface area (Å²) >= 11 is 0. The summed E-state index contributed by atoms with van der Waals surface area (Å²) in [4.78, 5) is 19.0. The Morgan fingerprint density at radius 3 is 1.06 bits per heavy atom. The summed E-state index contributed by atoms with van der Waals surface area (Å²) in [6.07, 6.45) is 29.6. The maximum absolute atomic E-state index is 10.5. The van der Waals surface area contributed by atoms with Crippen LogP contribution in [0.1, 0.15) is 150 Å². The zero-order valence-electron chi connectivity index (χ0n) is 23.4. The average molecular weight is 509 g/mol. The minimum absolute atomic E-state index is 0.0521. The smallest absolute Gasteiger partial charge is 0.132 e. The van der Waals surface area contributed by atoms with Crippen LogP contribution in [0.2, 0.25) is 0 Å². The number of hydrogen-bond donors (Lipinski definition) is 1. The van der Waals surface area contributed by atoms with Gasteiger partial charge in [0.15, 0.2) is 0 Å². The molecular weight excluding hydrogens is 446 g/mol. The molecule has 0 aromatic carbocycles. The van der Waals surface area contributed by atoms with E-state index in [1.807, 2.05) is 0 Å². The van der Waals surface area contributed by atoms with Crippen LogP contribution in [-0.2, 0) is 4.57 Å². The second kappa shape index (κ2) is 25.7. The zero-order chi connectivity index (χ0) is 25.3. The van der Waals surface area contributed by atoms with Gasteiger partial charge in [-0.3, -0.25) is 0 Å². The van der Waals surface area contributed by atoms with Crippen LogP contribution >= 0.6 is 14.9 Å². The van der Waals surface area contributed by atoms with E-state index < -0.39 is 14.9 Å². The van der Waals surface area contributed by atoms with Gasteiger partial charge in [0, 0.05) is 13.4 Å². The first-order chi connectivity index (χ1) is 15.8. The first-order valence-electron chi connectivity index (χ1n) is 14.7. The predicted octanol–water partition coefficient (Wildman–Crippen LogP) is 9.66. The first-order valence-corrected chi connectivity index (χ1v) is 19.0. The molecule has 33 heavy (non-hydrogen) atoms. The lowest BCUT2D eigenvalue weighted by Gasteiger charge is -2.28. The summed E-state index contributed by atoms with van der Waals surface area (Å²) in [5.74, 6) is 0. The lowest BCUT2D eigenvalue weighted by atomic mass is 10.1. The van der Waals surface area contributed by atoms with Gasteiger partial charge in [-0.15, -0.1) is 0 Å². The molecule has 0 aromatic rings. The highest BCUT2D eigenvalue weighted by Crippen LogP contribution is 2.61. The van der Waals surface area contributed by atoms with Gasteiger partial charge in [0.1, 0.15) is 7.60 Å². The Labute approximate surface area is 210 Å². The van der Waals surface area contributed by atoms with Crippen molar-refractivity contribution < 1.29 is 14.4 Å². The molecule has 0 radical (unpaired) electrons. The molecule has 0 aromatic heterocycles. The van der Waals surface area contributed by atoms with Crippen molar-refractivity contribution in [3.63, 3.8) is 0 Å². The summed E-state index contributed by atoms with van der Waals surface area (Å²) in [6, 6.07) is 0. The van der Waals surface area contributed by atoms with Crippen molar-refractivity contribution in [2.75, 3.05) is 30.8 Å². The predicted molar refractivity (Wildman–Crippen MR) is 153 cm³/mol. The average Bonchev–Trinajstić information content (AvgIpc) is 2.79. The summed E-state index contributed by atoms with van der Waals surface area (Å²) in [7, 11) is -4.55. The minimum atomic E-state index is -3.99. The van der Waals surface area contributed by atoms with Gasteiger partial charge in [-0.05, 0) is 32.1 Å². The molecule has 0 aliphatic rings. The van der Waals surface area contributed by atoms with Gasteiger partial charge in [0.25, 0.3) is 0 Å². The molecule has 3 nitrogen and oxygen atoms in total. The van der Waals surface area contributed by atoms with E-state index in [1.54, 1.807) is 24.6 Å². The van der Waals surface area contributed by atoms with E-state index in [0.717, 1.165) is 12.8 Å². The minimum Gasteiger partial charge on any atom is -0.779 e. The van der Waals surface area contributed by atoms with E-state index >= 15 is 0 Å². The van der Waals surface area contributed by atoms with Crippen LogP contribution < -0.4 is 4.89 Å². The van der Waals surface area contributed by atoms with Crippen LogP contribution in [0.25, 0.3) is 0 Å². The fourth-order valence-electron chi connectivity index (χ4n) is 4.44. The van der Waals surface area contributed by atoms with Crippen LogP contribution in [0.4, 0.5) is 0 Å². The lowest BCUT2D eigenvalue weighted by Crippen LogP contribution is -2.12. The first kappa shape index (κ1) is 35.7. The molecule has 1 atom stereocenters. The molecular formula is C28H62O3P2. The molecule has 5 heteroatoms. The molecule has 0 aliphatic carbocycles. The van der Waals surface area contributed by atoms with Gasteiger partial charge in [-0.2, -0.15) is 0 Å². The quantitative estimate of drug-likeness (QED) is 0.110. The number of unbranched alkanes of at least 4 members (excludes halogenated alkanes) is 13. The van der Waals surface area contributed by atoms with E-state index in [2.05, 4.69) is 34.6 Å². The largest absolute Gasteiger partial charge is 0.779 e. The molecule has 1 N–H and O–H groups in total. The van der Waals surface area contributed by atoms with E-state index in [4.69, 9.17) is 4.89 Å². The standard InChI is InChI=1S/C16H36P.C12H27O3P/c1-5-9-13-17(14-10-6-2,15-11-7-3)16-12-8-4;1-2-3-4-5-6-7-8-9-10-11-12-16(13,14)15/h5-16H2,1-4H3;2-12H2,1H3,(H2,13,14,15)/q+1;/p-1. The van der Waals surface area contributed by atoms with E-state index in [0.29, 0.717) is 6.42 Å². The van der Waals surface area contributed by atoms with Crippen LogP contribution in [0, 0.1) is 0 Å². The topological polar surface area (TPSA) is 60.4 Å². The van der Waals surface area contributed by atoms with Crippen LogP contribution in [-0.4, -0.2) is 35.7 Å². The normalized spacial score (nSPS) is 13.4. The SMILES string of the molecule is CCCCCCCCCCCCP(=O)([O-])O.CCCC[P+](CCCC)(CCCC)CCCC. The Morgan fingerprint density at radius 1 is 0.515 bits per heavy atom. The molecule has 0 rings (SSSR count). The molecule has 0 bridgehead atoms. The van der Waals surface area contributed by atoms with Gasteiger partial charge >= 0.3 is 0 Å². The van der Waals surface area contributed by atoms with Gasteiger partial charge < -0.3 is 14.4 Å². The van der Waals surface area contributed by atoms with Gasteiger partial charge in [-0.25, -0.2) is 0 Å². The van der Waals surface area contributed by atoms with Crippen LogP contribution in [0.15, 0.2) is 0 Å². The second-order valence-corrected chi connectivity index (χ2v) is 16.4. The Hall–Kier alpha value is 0.580. The highest BCUT2D eigenvalue weighted by molar-refractivity contribution is 7.75. The van der Waals surface area contributed by atoms with Crippen molar-refractivity contribution in [1.82, 2.24) is 0 Å². The van der Waals surface area contributed by atoms with Crippen LogP contribution in [0.5, 0.6) is 0 Å². The van der Waals surface area contributed by atoms with Crippen molar-refractivity contribution in [3.05, 3.63) is 0 Å². The number of rotatable bonds is 23. The summed E-state index contributed by atoms with van der Waals surface area (Å²) in [5, 5.41) is 0. The molecule has 202 valence electrons. The maximum Gasteiger partial charge on any atom is 0.132 e. The third-order valence-electron chi connectivity index (χ3n) is 6.74. The van der Waals surface area contributed by atoms with Crippen molar-refractivity contribution in [2.24, 2.45) is 0 Å². The second-order valence-electron chi connectivity index (χ2n) is 10.2. The van der Waals surface area contributed by atoms with Gasteiger partial charge in [0.2, 0.25) is 0 Å². The summed E-state index contributed by atoms with van der Waals surface area (Å²) < 4.78 is 10.5. The van der Waals surface area contributed by atoms with Gasteiger partial charge in [-0.1, -0.05) is 118 Å². The number of hydrogen-bond acceptors (Lipinski definition) is 2. The van der Waals surface area contributed by atoms with Crippen molar-refractivity contribution in [3.8, 4) is 0 Å². The fraction of sp³-hybridized carbons (Fsp3) is 1.00. The van der Waals surface area contributed by atoms with E-state index in [9.17, 15) is 9.46 Å². The molecule has 1 unspecified atom stereocenters. The Bertz CT molecular complexity index is 386. The van der Waals surface area contributed by atoms with E-state index in [-0.39, 0.29) is 6.16 Å². The van der Waals surface area contributed by atoms with Crippen molar-refractivity contribution in [2.45, 2.75) is 150 Å². The summed E-state index contributed by atoms with van der Waals surface area (Å²) in [5.41, 5.74) is 0. The molecule has 0 saturated carbocycles. The van der Waals surface area contributed by atoms with Crippen molar-refractivity contribution in [1.29, 1.82) is 0 Å². The molecule has 0 aliphatic heterocycles. The molecule has 0 amide bonds. The Balaban J connectivity index is 0. The molecule has 0 heterocycles. The molecule has 0 saturated heterocycles. The van der Waals surface area contributed by atoms with Crippen LogP contribution in [0.3, 0.4) is 0 Å². The van der Waals surface area contributed by atoms with Crippen molar-refractivity contribution >= 4 is 14.9 Å². The zero-order valence-corrected chi connectivity index (χ0v) is 25.2. The molecule has 0 fully saturated rings. The third-order valence-corrected chi connectivity index (χ3v) is 12.7.